The molecule has 5 rings (SSSR count). The summed E-state index contributed by atoms with van der Waals surface area (Å²) in [6, 6.07) is 15.5. The van der Waals surface area contributed by atoms with Gasteiger partial charge in [0.15, 0.2) is 6.10 Å². The maximum Gasteiger partial charge on any atom is 0.278 e. The SMILES string of the molecule is Cc1ccc(-c2nc(C(=O)N3C[C@@H](C(=O)N4CCCCC4)Oc4ccccc43)cs2)cc1. The monoisotopic (exact) mass is 447 g/mol. The van der Waals surface area contributed by atoms with E-state index < -0.39 is 6.10 Å². The molecule has 0 radical (unpaired) electrons. The van der Waals surface area contributed by atoms with Gasteiger partial charge in [-0.15, -0.1) is 11.3 Å². The van der Waals surface area contributed by atoms with Gasteiger partial charge in [0.25, 0.3) is 11.8 Å². The Morgan fingerprint density at radius 3 is 2.56 bits per heavy atom. The molecule has 0 N–H and O–H groups in total. The lowest BCUT2D eigenvalue weighted by atomic mass is 10.1. The molecule has 6 nitrogen and oxygen atoms in total. The maximum atomic E-state index is 13.5. The minimum Gasteiger partial charge on any atom is -0.476 e. The van der Waals surface area contributed by atoms with Crippen molar-refractivity contribution >= 4 is 28.8 Å². The van der Waals surface area contributed by atoms with Crippen molar-refractivity contribution in [1.29, 1.82) is 0 Å². The molecule has 3 heterocycles. The number of aromatic nitrogens is 1. The van der Waals surface area contributed by atoms with E-state index in [0.29, 0.717) is 17.1 Å². The first kappa shape index (κ1) is 20.7. The topological polar surface area (TPSA) is 62.7 Å². The van der Waals surface area contributed by atoms with Crippen molar-refractivity contribution in [3.05, 3.63) is 65.2 Å². The molecule has 32 heavy (non-hydrogen) atoms. The average Bonchev–Trinajstić information content (AvgIpc) is 3.34. The van der Waals surface area contributed by atoms with Crippen molar-refractivity contribution < 1.29 is 14.3 Å². The minimum absolute atomic E-state index is 0.0457. The van der Waals surface area contributed by atoms with E-state index in [2.05, 4.69) is 4.98 Å². The van der Waals surface area contributed by atoms with Crippen LogP contribution < -0.4 is 9.64 Å². The van der Waals surface area contributed by atoms with Gasteiger partial charge in [-0.1, -0.05) is 42.0 Å². The number of carbonyl (C=O) groups is 2. The van der Waals surface area contributed by atoms with Gasteiger partial charge >= 0.3 is 0 Å². The molecular weight excluding hydrogens is 422 g/mol. The lowest BCUT2D eigenvalue weighted by Crippen LogP contribution is -2.52. The summed E-state index contributed by atoms with van der Waals surface area (Å²) in [4.78, 5) is 34.7. The number of carbonyl (C=O) groups excluding carboxylic acids is 2. The van der Waals surface area contributed by atoms with E-state index in [1.165, 1.54) is 16.9 Å². The van der Waals surface area contributed by atoms with E-state index in [1.54, 1.807) is 10.3 Å². The number of amides is 2. The maximum absolute atomic E-state index is 13.5. The number of anilines is 1. The van der Waals surface area contributed by atoms with Crippen molar-refractivity contribution in [2.45, 2.75) is 32.3 Å². The van der Waals surface area contributed by atoms with Gasteiger partial charge in [0, 0.05) is 24.0 Å². The third-order valence-corrected chi connectivity index (χ3v) is 6.88. The second kappa shape index (κ2) is 8.74. The summed E-state index contributed by atoms with van der Waals surface area (Å²) >= 11 is 1.45. The molecule has 0 unspecified atom stereocenters. The van der Waals surface area contributed by atoms with E-state index in [1.807, 2.05) is 60.4 Å². The molecular formula is C25H25N3O3S. The molecule has 1 saturated heterocycles. The predicted molar refractivity (Wildman–Crippen MR) is 125 cm³/mol. The summed E-state index contributed by atoms with van der Waals surface area (Å²) in [7, 11) is 0. The number of aryl methyl sites for hydroxylation is 1. The highest BCUT2D eigenvalue weighted by atomic mass is 32.1. The first-order valence-electron chi connectivity index (χ1n) is 11.0. The number of fused-ring (bicyclic) bond motifs is 1. The van der Waals surface area contributed by atoms with Gasteiger partial charge in [-0.05, 0) is 38.3 Å². The van der Waals surface area contributed by atoms with Crippen LogP contribution in [-0.4, -0.2) is 47.4 Å². The standard InChI is InChI=1S/C25H25N3O3S/c1-17-9-11-18(12-10-17)23-26-19(16-32-23)24(29)28-15-22(25(30)27-13-5-2-6-14-27)31-21-8-4-3-7-20(21)28/h3-4,7-12,16,22H,2,5-6,13-15H2,1H3/t22-/m0/s1. The quantitative estimate of drug-likeness (QED) is 0.591. The zero-order chi connectivity index (χ0) is 22.1. The lowest BCUT2D eigenvalue weighted by molar-refractivity contribution is -0.139. The van der Waals surface area contributed by atoms with Gasteiger partial charge in [0.1, 0.15) is 16.5 Å². The molecule has 0 spiro atoms. The zero-order valence-electron chi connectivity index (χ0n) is 18.0. The fraction of sp³-hybridized carbons (Fsp3) is 0.320. The molecule has 164 valence electrons. The summed E-state index contributed by atoms with van der Waals surface area (Å²) in [5, 5.41) is 2.59. The molecule has 1 fully saturated rings. The van der Waals surface area contributed by atoms with E-state index in [0.717, 1.165) is 42.9 Å². The second-order valence-corrected chi connectivity index (χ2v) is 9.14. The third-order valence-electron chi connectivity index (χ3n) is 5.98. The number of likely N-dealkylation sites (tertiary alicyclic amines) is 1. The van der Waals surface area contributed by atoms with Crippen LogP contribution in [0.15, 0.2) is 53.9 Å². The number of hydrogen-bond acceptors (Lipinski definition) is 5. The Morgan fingerprint density at radius 2 is 1.78 bits per heavy atom. The summed E-state index contributed by atoms with van der Waals surface area (Å²) in [5.41, 5.74) is 3.22. The number of hydrogen-bond donors (Lipinski definition) is 0. The highest BCUT2D eigenvalue weighted by Gasteiger charge is 2.37. The zero-order valence-corrected chi connectivity index (χ0v) is 18.8. The normalized spacial score (nSPS) is 18.1. The Hall–Kier alpha value is -3.19. The van der Waals surface area contributed by atoms with E-state index in [4.69, 9.17) is 4.74 Å². The van der Waals surface area contributed by atoms with E-state index in [9.17, 15) is 9.59 Å². The number of ether oxygens (including phenoxy) is 1. The number of thiazole rings is 1. The van der Waals surface area contributed by atoms with Gasteiger partial charge in [-0.25, -0.2) is 4.98 Å². The lowest BCUT2D eigenvalue weighted by Gasteiger charge is -2.37. The van der Waals surface area contributed by atoms with Crippen LogP contribution in [0.4, 0.5) is 5.69 Å². The molecule has 3 aromatic rings. The number of rotatable bonds is 3. The molecule has 2 aromatic carbocycles. The van der Waals surface area contributed by atoms with Gasteiger partial charge in [-0.3, -0.25) is 14.5 Å². The number of para-hydroxylation sites is 2. The number of nitrogens with zero attached hydrogens (tertiary/aromatic N) is 3. The van der Waals surface area contributed by atoms with Crippen molar-refractivity contribution in [3.8, 4) is 16.3 Å². The highest BCUT2D eigenvalue weighted by Crippen LogP contribution is 2.35. The summed E-state index contributed by atoms with van der Waals surface area (Å²) in [6.07, 6.45) is 2.47. The van der Waals surface area contributed by atoms with Crippen molar-refractivity contribution in [1.82, 2.24) is 9.88 Å². The molecule has 2 aliphatic rings. The summed E-state index contributed by atoms with van der Waals surface area (Å²) < 4.78 is 6.05. The molecule has 2 amide bonds. The van der Waals surface area contributed by atoms with Gasteiger partial charge in [0.05, 0.1) is 12.2 Å². The van der Waals surface area contributed by atoms with Crippen LogP contribution in [0.3, 0.4) is 0 Å². The largest absolute Gasteiger partial charge is 0.476 e. The Morgan fingerprint density at radius 1 is 1.03 bits per heavy atom. The van der Waals surface area contributed by atoms with Crippen LogP contribution in [0.5, 0.6) is 5.75 Å². The Labute approximate surface area is 191 Å². The molecule has 1 aromatic heterocycles. The van der Waals surface area contributed by atoms with Gasteiger partial charge < -0.3 is 9.64 Å². The average molecular weight is 448 g/mol. The number of piperidine rings is 1. The Kier molecular flexibility index (Phi) is 5.66. The molecule has 7 heteroatoms. The van der Waals surface area contributed by atoms with Crippen molar-refractivity contribution in [2.75, 3.05) is 24.5 Å². The molecule has 0 bridgehead atoms. The highest BCUT2D eigenvalue weighted by molar-refractivity contribution is 7.13. The van der Waals surface area contributed by atoms with Crippen molar-refractivity contribution in [3.63, 3.8) is 0 Å². The van der Waals surface area contributed by atoms with E-state index in [-0.39, 0.29) is 18.4 Å². The van der Waals surface area contributed by atoms with Crippen LogP contribution in [0.1, 0.15) is 35.3 Å². The fourth-order valence-electron chi connectivity index (χ4n) is 4.21. The van der Waals surface area contributed by atoms with Crippen molar-refractivity contribution in [2.24, 2.45) is 0 Å². The van der Waals surface area contributed by atoms with Gasteiger partial charge in [-0.2, -0.15) is 0 Å². The third kappa shape index (κ3) is 4.00. The summed E-state index contributed by atoms with van der Waals surface area (Å²) in [5.74, 6) is 0.291. The molecule has 2 aliphatic heterocycles. The molecule has 0 aliphatic carbocycles. The molecule has 1 atom stereocenters. The fourth-order valence-corrected chi connectivity index (χ4v) is 5.01. The Bertz CT molecular complexity index is 1140. The first-order valence-corrected chi connectivity index (χ1v) is 11.9. The van der Waals surface area contributed by atoms with Crippen LogP contribution in [0.2, 0.25) is 0 Å². The van der Waals surface area contributed by atoms with E-state index >= 15 is 0 Å². The van der Waals surface area contributed by atoms with Crippen LogP contribution in [0.25, 0.3) is 10.6 Å². The molecule has 0 saturated carbocycles. The first-order chi connectivity index (χ1) is 15.6. The van der Waals surface area contributed by atoms with Gasteiger partial charge in [0.2, 0.25) is 0 Å². The Balaban J connectivity index is 1.42. The second-order valence-electron chi connectivity index (χ2n) is 8.28. The predicted octanol–water partition coefficient (Wildman–Crippen LogP) is 4.54. The minimum atomic E-state index is -0.706. The summed E-state index contributed by atoms with van der Waals surface area (Å²) in [6.45, 7) is 3.72. The number of benzene rings is 2. The van der Waals surface area contributed by atoms with Crippen LogP contribution in [0, 0.1) is 6.92 Å². The van der Waals surface area contributed by atoms with Crippen LogP contribution in [-0.2, 0) is 4.79 Å². The van der Waals surface area contributed by atoms with Crippen LogP contribution >= 0.6 is 11.3 Å². The smallest absolute Gasteiger partial charge is 0.278 e.